The van der Waals surface area contributed by atoms with Crippen LogP contribution in [-0.4, -0.2) is 29.9 Å². The fourth-order valence-electron chi connectivity index (χ4n) is 2.69. The van der Waals surface area contributed by atoms with E-state index in [1.807, 2.05) is 0 Å². The molecule has 2 amide bonds. The minimum Gasteiger partial charge on any atom is -0.481 e. The second kappa shape index (κ2) is 5.20. The number of carbonyl (C=O) groups excluding carboxylic acids is 2. The third-order valence-corrected chi connectivity index (χ3v) is 4.00. The van der Waals surface area contributed by atoms with E-state index in [4.69, 9.17) is 5.11 Å². The predicted molar refractivity (Wildman–Crippen MR) is 76.9 cm³/mol. The second-order valence-electron chi connectivity index (χ2n) is 5.76. The van der Waals surface area contributed by atoms with E-state index in [9.17, 15) is 14.4 Å². The summed E-state index contributed by atoms with van der Waals surface area (Å²) < 4.78 is 0. The van der Waals surface area contributed by atoms with Crippen LogP contribution in [0.15, 0.2) is 24.3 Å². The lowest BCUT2D eigenvalue weighted by molar-refractivity contribution is -0.140. The first-order valence-corrected chi connectivity index (χ1v) is 6.65. The largest absolute Gasteiger partial charge is 0.481 e. The van der Waals surface area contributed by atoms with Crippen LogP contribution in [0.1, 0.15) is 24.2 Å². The Hall–Kier alpha value is -2.37. The molecule has 1 aliphatic carbocycles. The van der Waals surface area contributed by atoms with Crippen molar-refractivity contribution in [2.75, 3.05) is 12.4 Å². The molecule has 6 heteroatoms. The Kier molecular flexibility index (Phi) is 3.72. The summed E-state index contributed by atoms with van der Waals surface area (Å²) in [6, 6.07) is 6.51. The number of benzene rings is 1. The Balaban J connectivity index is 2.11. The molecule has 0 aromatic heterocycles. The summed E-state index contributed by atoms with van der Waals surface area (Å²) in [5, 5.41) is 14.3. The van der Waals surface area contributed by atoms with E-state index in [1.54, 1.807) is 38.1 Å². The van der Waals surface area contributed by atoms with Gasteiger partial charge in [-0.2, -0.15) is 0 Å². The summed E-state index contributed by atoms with van der Waals surface area (Å²) in [5.41, 5.74) is 0.363. The monoisotopic (exact) mass is 290 g/mol. The summed E-state index contributed by atoms with van der Waals surface area (Å²) in [4.78, 5) is 34.8. The second-order valence-corrected chi connectivity index (χ2v) is 5.76. The van der Waals surface area contributed by atoms with Crippen LogP contribution in [0, 0.1) is 17.3 Å². The van der Waals surface area contributed by atoms with E-state index in [0.717, 1.165) is 0 Å². The van der Waals surface area contributed by atoms with Crippen molar-refractivity contribution in [1.82, 2.24) is 5.32 Å². The summed E-state index contributed by atoms with van der Waals surface area (Å²) in [6.07, 6.45) is 0. The van der Waals surface area contributed by atoms with Crippen molar-refractivity contribution >= 4 is 23.5 Å². The van der Waals surface area contributed by atoms with Crippen molar-refractivity contribution in [3.05, 3.63) is 29.8 Å². The number of nitrogens with one attached hydrogen (secondary N) is 2. The highest BCUT2D eigenvalue weighted by Crippen LogP contribution is 2.58. The normalized spacial score (nSPS) is 22.2. The summed E-state index contributed by atoms with van der Waals surface area (Å²) in [5.74, 6) is -2.76. The standard InChI is InChI=1S/C15H18N2O4/c1-15(2)10(11(15)14(20)21)13(19)17-9-6-4-5-8(7-9)12(18)16-3/h4-7,10-11H,1-3H3,(H,16,18)(H,17,19)(H,20,21). The average molecular weight is 290 g/mol. The van der Waals surface area contributed by atoms with Gasteiger partial charge in [-0.1, -0.05) is 19.9 Å². The molecule has 0 heterocycles. The van der Waals surface area contributed by atoms with Gasteiger partial charge < -0.3 is 15.7 Å². The van der Waals surface area contributed by atoms with Gasteiger partial charge in [0, 0.05) is 18.3 Å². The number of hydrogen-bond acceptors (Lipinski definition) is 3. The molecule has 6 nitrogen and oxygen atoms in total. The van der Waals surface area contributed by atoms with Crippen LogP contribution >= 0.6 is 0 Å². The first kappa shape index (κ1) is 15.0. The topological polar surface area (TPSA) is 95.5 Å². The maximum Gasteiger partial charge on any atom is 0.307 e. The Morgan fingerprint density at radius 3 is 2.38 bits per heavy atom. The highest BCUT2D eigenvalue weighted by atomic mass is 16.4. The lowest BCUT2D eigenvalue weighted by Crippen LogP contribution is -2.20. The highest BCUT2D eigenvalue weighted by Gasteiger charge is 2.65. The molecular weight excluding hydrogens is 272 g/mol. The number of hydrogen-bond donors (Lipinski definition) is 3. The van der Waals surface area contributed by atoms with Gasteiger partial charge in [0.2, 0.25) is 5.91 Å². The molecule has 0 bridgehead atoms. The number of rotatable bonds is 4. The Morgan fingerprint density at radius 1 is 1.19 bits per heavy atom. The Labute approximate surface area is 122 Å². The first-order valence-electron chi connectivity index (χ1n) is 6.65. The number of anilines is 1. The van der Waals surface area contributed by atoms with Crippen molar-refractivity contribution < 1.29 is 19.5 Å². The molecule has 2 atom stereocenters. The lowest BCUT2D eigenvalue weighted by Gasteiger charge is -2.07. The van der Waals surface area contributed by atoms with Crippen LogP contribution in [0.5, 0.6) is 0 Å². The number of aliphatic carboxylic acids is 1. The smallest absolute Gasteiger partial charge is 0.307 e. The maximum absolute atomic E-state index is 12.2. The van der Waals surface area contributed by atoms with E-state index in [1.165, 1.54) is 7.05 Å². The molecule has 2 rings (SSSR count). The van der Waals surface area contributed by atoms with Crippen molar-refractivity contribution in [1.29, 1.82) is 0 Å². The molecule has 0 aliphatic heterocycles. The van der Waals surface area contributed by atoms with E-state index < -0.39 is 23.2 Å². The summed E-state index contributed by atoms with van der Waals surface area (Å²) >= 11 is 0. The lowest BCUT2D eigenvalue weighted by atomic mass is 10.1. The molecule has 1 aromatic carbocycles. The fraction of sp³-hybridized carbons (Fsp3) is 0.400. The molecule has 1 fully saturated rings. The third kappa shape index (κ3) is 2.74. The Bertz CT molecular complexity index is 609. The molecule has 3 N–H and O–H groups in total. The van der Waals surface area contributed by atoms with Crippen molar-refractivity contribution in [3.63, 3.8) is 0 Å². The molecule has 0 spiro atoms. The van der Waals surface area contributed by atoms with Gasteiger partial charge in [0.15, 0.2) is 0 Å². The van der Waals surface area contributed by atoms with Gasteiger partial charge >= 0.3 is 5.97 Å². The van der Waals surface area contributed by atoms with E-state index >= 15 is 0 Å². The van der Waals surface area contributed by atoms with Gasteiger partial charge in [-0.15, -0.1) is 0 Å². The number of amides is 2. The predicted octanol–water partition coefficient (Wildman–Crippen LogP) is 1.34. The van der Waals surface area contributed by atoms with Crippen molar-refractivity contribution in [2.45, 2.75) is 13.8 Å². The minimum atomic E-state index is -0.959. The number of carboxylic acids is 1. The maximum atomic E-state index is 12.2. The van der Waals surface area contributed by atoms with Crippen LogP contribution in [-0.2, 0) is 9.59 Å². The quantitative estimate of drug-likeness (QED) is 0.779. The Morgan fingerprint density at radius 2 is 1.86 bits per heavy atom. The zero-order chi connectivity index (χ0) is 15.8. The van der Waals surface area contributed by atoms with Gasteiger partial charge in [0.05, 0.1) is 11.8 Å². The van der Waals surface area contributed by atoms with Crippen molar-refractivity contribution in [2.24, 2.45) is 17.3 Å². The molecule has 0 saturated heterocycles. The molecule has 1 saturated carbocycles. The minimum absolute atomic E-state index is 0.249. The third-order valence-electron chi connectivity index (χ3n) is 4.00. The summed E-state index contributed by atoms with van der Waals surface area (Å²) in [6.45, 7) is 3.52. The van der Waals surface area contributed by atoms with Crippen molar-refractivity contribution in [3.8, 4) is 0 Å². The molecule has 2 unspecified atom stereocenters. The zero-order valence-corrected chi connectivity index (χ0v) is 12.1. The average Bonchev–Trinajstić information content (AvgIpc) is 3.01. The number of carbonyl (C=O) groups is 3. The van der Waals surface area contributed by atoms with Gasteiger partial charge in [0.25, 0.3) is 5.91 Å². The van der Waals surface area contributed by atoms with Gasteiger partial charge in [-0.3, -0.25) is 14.4 Å². The molecular formula is C15H18N2O4. The van der Waals surface area contributed by atoms with E-state index in [2.05, 4.69) is 10.6 Å². The van der Waals surface area contributed by atoms with Crippen LogP contribution in [0.2, 0.25) is 0 Å². The first-order chi connectivity index (χ1) is 9.78. The van der Waals surface area contributed by atoms with E-state index in [-0.39, 0.29) is 11.8 Å². The van der Waals surface area contributed by atoms with Crippen LogP contribution in [0.25, 0.3) is 0 Å². The SMILES string of the molecule is CNC(=O)c1cccc(NC(=O)C2C(C(=O)O)C2(C)C)c1. The van der Waals surface area contributed by atoms with Gasteiger partial charge in [-0.25, -0.2) is 0 Å². The van der Waals surface area contributed by atoms with Crippen LogP contribution in [0.3, 0.4) is 0 Å². The molecule has 0 radical (unpaired) electrons. The molecule has 1 aliphatic rings. The van der Waals surface area contributed by atoms with Gasteiger partial charge in [-0.05, 0) is 23.6 Å². The molecule has 21 heavy (non-hydrogen) atoms. The van der Waals surface area contributed by atoms with E-state index in [0.29, 0.717) is 11.3 Å². The highest BCUT2D eigenvalue weighted by molar-refractivity contribution is 6.01. The van der Waals surface area contributed by atoms with Gasteiger partial charge in [0.1, 0.15) is 0 Å². The van der Waals surface area contributed by atoms with Crippen LogP contribution in [0.4, 0.5) is 5.69 Å². The fourth-order valence-corrected chi connectivity index (χ4v) is 2.69. The summed E-state index contributed by atoms with van der Waals surface area (Å²) in [7, 11) is 1.53. The molecule has 1 aromatic rings. The number of carboxylic acid groups (broad SMARTS) is 1. The zero-order valence-electron chi connectivity index (χ0n) is 12.1. The molecule has 112 valence electrons. The van der Waals surface area contributed by atoms with Crippen LogP contribution < -0.4 is 10.6 Å².